The SMILES string of the molecule is C=CC(=O)N1CC(Cn2c(=O)c(OC[C@@H]3CCCN3C)nc3cc(-c4cc(O)cc5ccccc45)c(F)cc32)C1. The fourth-order valence-electron chi connectivity index (χ4n) is 5.86. The maximum absolute atomic E-state index is 15.8. The van der Waals surface area contributed by atoms with Gasteiger partial charge in [-0.05, 0) is 67.0 Å². The molecule has 2 aliphatic heterocycles. The second kappa shape index (κ2) is 10.4. The zero-order valence-electron chi connectivity index (χ0n) is 22.3. The lowest BCUT2D eigenvalue weighted by Crippen LogP contribution is -2.51. The minimum atomic E-state index is -0.531. The standard InChI is InChI=1S/C31H31FN4O4/c1-3-29(38)35-15-19(16-35)17-36-28-14-26(32)25(24-12-22(37)11-20-7-4-5-9-23(20)24)13-27(28)33-30(31(36)39)40-18-21-8-6-10-34(21)2/h3-5,7,9,11-14,19,21,37H,1,6,8,10,15-18H2,2H3/t21-/m0/s1. The summed E-state index contributed by atoms with van der Waals surface area (Å²) in [5, 5.41) is 11.9. The average molecular weight is 543 g/mol. The van der Waals surface area contributed by atoms with Gasteiger partial charge in [-0.2, -0.15) is 0 Å². The van der Waals surface area contributed by atoms with E-state index in [0.29, 0.717) is 42.8 Å². The highest BCUT2D eigenvalue weighted by Crippen LogP contribution is 2.36. The number of rotatable bonds is 7. The van der Waals surface area contributed by atoms with Gasteiger partial charge in [-0.15, -0.1) is 0 Å². The molecule has 2 fully saturated rings. The molecular formula is C31H31FN4O4. The largest absolute Gasteiger partial charge is 0.508 e. The number of aromatic hydroxyl groups is 1. The molecule has 0 spiro atoms. The molecule has 0 saturated carbocycles. The number of nitrogens with zero attached hydrogens (tertiary/aromatic N) is 4. The molecule has 9 heteroatoms. The van der Waals surface area contributed by atoms with Crippen LogP contribution in [0.15, 0.2) is 66.0 Å². The van der Waals surface area contributed by atoms with Crippen molar-refractivity contribution in [2.24, 2.45) is 5.92 Å². The Hall–Kier alpha value is -4.24. The van der Waals surface area contributed by atoms with Gasteiger partial charge in [0.25, 0.3) is 5.88 Å². The highest BCUT2D eigenvalue weighted by molar-refractivity contribution is 5.99. The van der Waals surface area contributed by atoms with Gasteiger partial charge in [0, 0.05) is 43.2 Å². The third-order valence-corrected chi connectivity index (χ3v) is 8.11. The number of fused-ring (bicyclic) bond motifs is 2. The quantitative estimate of drug-likeness (QED) is 0.353. The number of likely N-dealkylation sites (tertiary alicyclic amines) is 2. The van der Waals surface area contributed by atoms with E-state index in [-0.39, 0.29) is 35.1 Å². The molecule has 1 N–H and O–H groups in total. The van der Waals surface area contributed by atoms with E-state index in [9.17, 15) is 14.7 Å². The number of carbonyl (C=O) groups is 1. The van der Waals surface area contributed by atoms with Crippen LogP contribution in [-0.2, 0) is 11.3 Å². The van der Waals surface area contributed by atoms with Crippen LogP contribution >= 0.6 is 0 Å². The number of benzene rings is 3. The summed E-state index contributed by atoms with van der Waals surface area (Å²) in [5.41, 5.74) is 1.15. The fourth-order valence-corrected chi connectivity index (χ4v) is 5.86. The summed E-state index contributed by atoms with van der Waals surface area (Å²) < 4.78 is 23.3. The smallest absolute Gasteiger partial charge is 0.313 e. The monoisotopic (exact) mass is 542 g/mol. The van der Waals surface area contributed by atoms with Gasteiger partial charge in [-0.1, -0.05) is 30.8 Å². The number of hydrogen-bond acceptors (Lipinski definition) is 6. The summed E-state index contributed by atoms with van der Waals surface area (Å²) in [5.74, 6) is -0.652. The Bertz CT molecular complexity index is 1690. The summed E-state index contributed by atoms with van der Waals surface area (Å²) in [6.45, 7) is 6.11. The number of halogens is 1. The molecule has 0 aliphatic carbocycles. The van der Waals surface area contributed by atoms with Crippen molar-refractivity contribution in [3.05, 3.63) is 77.4 Å². The molecule has 1 atom stereocenters. The van der Waals surface area contributed by atoms with Gasteiger partial charge < -0.3 is 24.2 Å². The third-order valence-electron chi connectivity index (χ3n) is 8.11. The van der Waals surface area contributed by atoms with E-state index in [1.54, 1.807) is 17.0 Å². The lowest BCUT2D eigenvalue weighted by molar-refractivity contribution is -0.132. The Morgan fingerprint density at radius 3 is 2.75 bits per heavy atom. The third kappa shape index (κ3) is 4.70. The van der Waals surface area contributed by atoms with E-state index < -0.39 is 11.4 Å². The summed E-state index contributed by atoms with van der Waals surface area (Å²) >= 11 is 0. The van der Waals surface area contributed by atoms with Crippen LogP contribution in [0.25, 0.3) is 32.9 Å². The fraction of sp³-hybridized carbons (Fsp3) is 0.323. The first-order valence-corrected chi connectivity index (χ1v) is 13.5. The molecule has 0 radical (unpaired) electrons. The van der Waals surface area contributed by atoms with E-state index in [1.165, 1.54) is 22.8 Å². The van der Waals surface area contributed by atoms with E-state index in [4.69, 9.17) is 4.74 Å². The Morgan fingerprint density at radius 2 is 2.00 bits per heavy atom. The molecule has 1 aromatic heterocycles. The molecular weight excluding hydrogens is 511 g/mol. The zero-order valence-corrected chi connectivity index (χ0v) is 22.3. The first kappa shape index (κ1) is 26.0. The normalized spacial score (nSPS) is 17.9. The summed E-state index contributed by atoms with van der Waals surface area (Å²) in [6, 6.07) is 13.8. The molecule has 0 unspecified atom stereocenters. The van der Waals surface area contributed by atoms with E-state index in [1.807, 2.05) is 31.3 Å². The van der Waals surface area contributed by atoms with E-state index >= 15 is 4.39 Å². The predicted octanol–water partition coefficient (Wildman–Crippen LogP) is 4.18. The van der Waals surface area contributed by atoms with Crippen LogP contribution in [0.3, 0.4) is 0 Å². The van der Waals surface area contributed by atoms with Crippen molar-refractivity contribution in [3.63, 3.8) is 0 Å². The zero-order chi connectivity index (χ0) is 28.0. The molecule has 2 saturated heterocycles. The van der Waals surface area contributed by atoms with E-state index in [0.717, 1.165) is 30.2 Å². The maximum atomic E-state index is 15.8. The average Bonchev–Trinajstić information content (AvgIpc) is 3.34. The van der Waals surface area contributed by atoms with Crippen LogP contribution in [0.5, 0.6) is 11.6 Å². The van der Waals surface area contributed by atoms with Crippen LogP contribution in [0.4, 0.5) is 4.39 Å². The molecule has 6 rings (SSSR count). The molecule has 8 nitrogen and oxygen atoms in total. The van der Waals surface area contributed by atoms with Crippen LogP contribution in [0.2, 0.25) is 0 Å². The van der Waals surface area contributed by atoms with Crippen LogP contribution in [0, 0.1) is 11.7 Å². The summed E-state index contributed by atoms with van der Waals surface area (Å²) in [6.07, 6.45) is 3.33. The number of phenolic OH excluding ortho intramolecular Hbond substituents is 1. The second-order valence-corrected chi connectivity index (χ2v) is 10.8. The van der Waals surface area contributed by atoms with Gasteiger partial charge in [-0.25, -0.2) is 9.37 Å². The van der Waals surface area contributed by atoms with Crippen molar-refractivity contribution in [1.29, 1.82) is 0 Å². The number of hydrogen-bond donors (Lipinski definition) is 1. The maximum Gasteiger partial charge on any atom is 0.313 e. The molecule has 0 bridgehead atoms. The topological polar surface area (TPSA) is 87.9 Å². The van der Waals surface area contributed by atoms with Crippen molar-refractivity contribution >= 4 is 27.7 Å². The second-order valence-electron chi connectivity index (χ2n) is 10.8. The van der Waals surface area contributed by atoms with Gasteiger partial charge in [0.05, 0.1) is 11.0 Å². The number of aromatic nitrogens is 2. The lowest BCUT2D eigenvalue weighted by Gasteiger charge is -2.39. The summed E-state index contributed by atoms with van der Waals surface area (Å²) in [4.78, 5) is 34.0. The van der Waals surface area contributed by atoms with Crippen LogP contribution in [0.1, 0.15) is 12.8 Å². The van der Waals surface area contributed by atoms with Gasteiger partial charge in [0.15, 0.2) is 0 Å². The van der Waals surface area contributed by atoms with Gasteiger partial charge in [0.1, 0.15) is 18.2 Å². The molecule has 206 valence electrons. The minimum absolute atomic E-state index is 0.0236. The predicted molar refractivity (Wildman–Crippen MR) is 152 cm³/mol. The van der Waals surface area contributed by atoms with Crippen molar-refractivity contribution in [1.82, 2.24) is 19.4 Å². The Morgan fingerprint density at radius 1 is 1.20 bits per heavy atom. The Balaban J connectivity index is 1.44. The number of phenols is 1. The van der Waals surface area contributed by atoms with Gasteiger partial charge in [-0.3, -0.25) is 9.59 Å². The number of ether oxygens (including phenoxy) is 1. The molecule has 40 heavy (non-hydrogen) atoms. The first-order chi connectivity index (χ1) is 19.3. The van der Waals surface area contributed by atoms with Gasteiger partial charge >= 0.3 is 5.56 Å². The highest BCUT2D eigenvalue weighted by atomic mass is 19.1. The number of amides is 1. The molecule has 1 amide bonds. The van der Waals surface area contributed by atoms with Crippen molar-refractivity contribution in [2.75, 3.05) is 33.3 Å². The van der Waals surface area contributed by atoms with Crippen molar-refractivity contribution < 1.29 is 19.0 Å². The lowest BCUT2D eigenvalue weighted by atomic mass is 9.96. The molecule has 2 aliphatic rings. The van der Waals surface area contributed by atoms with Crippen LogP contribution in [-0.4, -0.2) is 69.7 Å². The van der Waals surface area contributed by atoms with E-state index in [2.05, 4.69) is 16.5 Å². The molecule has 4 aromatic rings. The Labute approximate surface area is 230 Å². The summed E-state index contributed by atoms with van der Waals surface area (Å²) in [7, 11) is 2.04. The molecule has 3 heterocycles. The highest BCUT2D eigenvalue weighted by Gasteiger charge is 2.31. The number of likely N-dealkylation sites (N-methyl/N-ethyl adjacent to an activating group) is 1. The van der Waals surface area contributed by atoms with Crippen molar-refractivity contribution in [2.45, 2.75) is 25.4 Å². The molecule has 3 aromatic carbocycles. The number of carbonyl (C=O) groups excluding carboxylic acids is 1. The van der Waals surface area contributed by atoms with Crippen molar-refractivity contribution in [3.8, 4) is 22.8 Å². The van der Waals surface area contributed by atoms with Gasteiger partial charge in [0.2, 0.25) is 5.91 Å². The first-order valence-electron chi connectivity index (χ1n) is 13.5. The minimum Gasteiger partial charge on any atom is -0.508 e. The van der Waals surface area contributed by atoms with Crippen LogP contribution < -0.4 is 10.3 Å². The Kier molecular flexibility index (Phi) is 6.75.